The van der Waals surface area contributed by atoms with Crippen molar-refractivity contribution >= 4 is 23.4 Å². The first kappa shape index (κ1) is 14.1. The number of aromatic nitrogens is 2. The molecule has 0 aromatic carbocycles. The first-order chi connectivity index (χ1) is 8.19. The summed E-state index contributed by atoms with van der Waals surface area (Å²) in [5.41, 5.74) is 6.94. The second-order valence-corrected chi connectivity index (χ2v) is 5.15. The van der Waals surface area contributed by atoms with Crippen LogP contribution in [0.15, 0.2) is 6.33 Å². The van der Waals surface area contributed by atoms with E-state index in [1.807, 2.05) is 11.8 Å². The van der Waals surface area contributed by atoms with Crippen LogP contribution in [0.5, 0.6) is 0 Å². The molecule has 5 heteroatoms. The van der Waals surface area contributed by atoms with Crippen molar-refractivity contribution in [3.8, 4) is 0 Å². The van der Waals surface area contributed by atoms with Crippen LogP contribution in [0.1, 0.15) is 32.3 Å². The quantitative estimate of drug-likeness (QED) is 0.783. The Morgan fingerprint density at radius 2 is 2.24 bits per heavy atom. The Morgan fingerprint density at radius 3 is 2.88 bits per heavy atom. The first-order valence-electron chi connectivity index (χ1n) is 6.03. The van der Waals surface area contributed by atoms with Crippen molar-refractivity contribution in [2.24, 2.45) is 0 Å². The van der Waals surface area contributed by atoms with Crippen LogP contribution in [-0.2, 0) is 6.42 Å². The fourth-order valence-electron chi connectivity index (χ4n) is 1.65. The zero-order valence-corrected chi connectivity index (χ0v) is 11.7. The van der Waals surface area contributed by atoms with Gasteiger partial charge in [-0.3, -0.25) is 0 Å². The van der Waals surface area contributed by atoms with Gasteiger partial charge in [0, 0.05) is 11.6 Å². The van der Waals surface area contributed by atoms with E-state index in [9.17, 15) is 0 Å². The Balaban J connectivity index is 2.72. The number of nitrogens with one attached hydrogen (secondary N) is 1. The number of hydrogen-bond acceptors (Lipinski definition) is 5. The van der Waals surface area contributed by atoms with Gasteiger partial charge in [0.15, 0.2) is 0 Å². The molecule has 1 heterocycles. The van der Waals surface area contributed by atoms with Crippen LogP contribution < -0.4 is 11.1 Å². The van der Waals surface area contributed by atoms with Gasteiger partial charge in [-0.2, -0.15) is 11.8 Å². The Hall–Kier alpha value is -0.970. The Kier molecular flexibility index (Phi) is 6.11. The lowest BCUT2D eigenvalue weighted by atomic mass is 10.1. The van der Waals surface area contributed by atoms with E-state index >= 15 is 0 Å². The summed E-state index contributed by atoms with van der Waals surface area (Å²) in [6.45, 7) is 4.30. The van der Waals surface area contributed by atoms with Gasteiger partial charge >= 0.3 is 0 Å². The van der Waals surface area contributed by atoms with Crippen molar-refractivity contribution in [1.82, 2.24) is 9.97 Å². The topological polar surface area (TPSA) is 63.8 Å². The molecule has 4 nitrogen and oxygen atoms in total. The van der Waals surface area contributed by atoms with Gasteiger partial charge in [-0.1, -0.05) is 13.3 Å². The molecule has 0 amide bonds. The van der Waals surface area contributed by atoms with Gasteiger partial charge in [-0.15, -0.1) is 0 Å². The van der Waals surface area contributed by atoms with Crippen molar-refractivity contribution in [1.29, 1.82) is 0 Å². The second kappa shape index (κ2) is 7.37. The molecule has 0 fully saturated rings. The van der Waals surface area contributed by atoms with Crippen LogP contribution in [0.4, 0.5) is 11.6 Å². The molecule has 96 valence electrons. The van der Waals surface area contributed by atoms with Crippen LogP contribution >= 0.6 is 11.8 Å². The maximum atomic E-state index is 5.89. The van der Waals surface area contributed by atoms with Gasteiger partial charge < -0.3 is 11.1 Å². The average Bonchev–Trinajstić information content (AvgIpc) is 2.31. The lowest BCUT2D eigenvalue weighted by molar-refractivity contribution is 0.760. The third kappa shape index (κ3) is 4.42. The van der Waals surface area contributed by atoms with Gasteiger partial charge in [-0.25, -0.2) is 9.97 Å². The molecule has 0 aliphatic rings. The van der Waals surface area contributed by atoms with Crippen molar-refractivity contribution < 1.29 is 0 Å². The molecule has 0 saturated heterocycles. The van der Waals surface area contributed by atoms with E-state index in [-0.39, 0.29) is 0 Å². The molecule has 1 rings (SSSR count). The normalized spacial score (nSPS) is 12.4. The molecule has 0 radical (unpaired) electrons. The van der Waals surface area contributed by atoms with Crippen molar-refractivity contribution in [2.45, 2.75) is 39.2 Å². The molecule has 1 aromatic heterocycles. The third-order valence-electron chi connectivity index (χ3n) is 2.62. The standard InChI is InChI=1S/C12H22N4S/c1-4-5-10-11(13)14-8-15-12(10)16-9(2)6-7-17-3/h8-9H,4-7H2,1-3H3,(H3,13,14,15,16). The van der Waals surface area contributed by atoms with E-state index in [4.69, 9.17) is 5.73 Å². The van der Waals surface area contributed by atoms with Crippen molar-refractivity contribution in [3.63, 3.8) is 0 Å². The van der Waals surface area contributed by atoms with Crippen LogP contribution in [0.25, 0.3) is 0 Å². The summed E-state index contributed by atoms with van der Waals surface area (Å²) in [7, 11) is 0. The summed E-state index contributed by atoms with van der Waals surface area (Å²) in [6, 6.07) is 0.410. The van der Waals surface area contributed by atoms with E-state index in [1.54, 1.807) is 0 Å². The minimum atomic E-state index is 0.410. The molecule has 1 atom stereocenters. The summed E-state index contributed by atoms with van der Waals surface area (Å²) >= 11 is 1.86. The second-order valence-electron chi connectivity index (χ2n) is 4.16. The molecule has 1 aromatic rings. The lowest BCUT2D eigenvalue weighted by Gasteiger charge is -2.17. The third-order valence-corrected chi connectivity index (χ3v) is 3.26. The molecule has 0 spiro atoms. The van der Waals surface area contributed by atoms with Gasteiger partial charge in [0.2, 0.25) is 0 Å². The van der Waals surface area contributed by atoms with Crippen LogP contribution in [-0.4, -0.2) is 28.0 Å². The number of thioether (sulfide) groups is 1. The number of rotatable bonds is 7. The first-order valence-corrected chi connectivity index (χ1v) is 7.43. The minimum Gasteiger partial charge on any atom is -0.383 e. The number of nitrogen functional groups attached to an aromatic ring is 1. The Bertz CT molecular complexity index is 343. The summed E-state index contributed by atoms with van der Waals surface area (Å²) < 4.78 is 0. The Labute approximate surface area is 108 Å². The maximum absolute atomic E-state index is 5.89. The van der Waals surface area contributed by atoms with E-state index in [0.717, 1.165) is 36.4 Å². The molecular formula is C12H22N4S. The van der Waals surface area contributed by atoms with Crippen molar-refractivity contribution in [2.75, 3.05) is 23.1 Å². The molecule has 1 unspecified atom stereocenters. The van der Waals surface area contributed by atoms with Gasteiger partial charge in [0.1, 0.15) is 18.0 Å². The molecule has 0 aliphatic heterocycles. The molecule has 0 bridgehead atoms. The molecule has 0 aliphatic carbocycles. The fraction of sp³-hybridized carbons (Fsp3) is 0.667. The molecule has 0 saturated carbocycles. The molecule has 17 heavy (non-hydrogen) atoms. The highest BCUT2D eigenvalue weighted by atomic mass is 32.2. The van der Waals surface area contributed by atoms with E-state index < -0.39 is 0 Å². The summed E-state index contributed by atoms with van der Waals surface area (Å²) in [5, 5.41) is 3.43. The summed E-state index contributed by atoms with van der Waals surface area (Å²) in [4.78, 5) is 8.35. The van der Waals surface area contributed by atoms with Crippen LogP contribution in [0.3, 0.4) is 0 Å². The molecule has 3 N–H and O–H groups in total. The lowest BCUT2D eigenvalue weighted by Crippen LogP contribution is -2.19. The van der Waals surface area contributed by atoms with E-state index in [2.05, 4.69) is 35.4 Å². The predicted molar refractivity (Wildman–Crippen MR) is 76.5 cm³/mol. The highest BCUT2D eigenvalue weighted by Crippen LogP contribution is 2.20. The van der Waals surface area contributed by atoms with Crippen LogP contribution in [0, 0.1) is 0 Å². The zero-order chi connectivity index (χ0) is 12.7. The number of nitrogens with zero attached hydrogens (tertiary/aromatic N) is 2. The van der Waals surface area contributed by atoms with Gasteiger partial charge in [-0.05, 0) is 31.8 Å². The largest absolute Gasteiger partial charge is 0.383 e. The summed E-state index contributed by atoms with van der Waals surface area (Å²) in [5.74, 6) is 2.65. The summed E-state index contributed by atoms with van der Waals surface area (Å²) in [6.07, 6.45) is 6.74. The smallest absolute Gasteiger partial charge is 0.134 e. The number of hydrogen-bond donors (Lipinski definition) is 2. The van der Waals surface area contributed by atoms with E-state index in [1.165, 1.54) is 6.33 Å². The zero-order valence-electron chi connectivity index (χ0n) is 10.9. The average molecular weight is 254 g/mol. The maximum Gasteiger partial charge on any atom is 0.134 e. The number of nitrogens with two attached hydrogens (primary N) is 1. The Morgan fingerprint density at radius 1 is 1.47 bits per heavy atom. The van der Waals surface area contributed by atoms with E-state index in [0.29, 0.717) is 11.9 Å². The van der Waals surface area contributed by atoms with Crippen molar-refractivity contribution in [3.05, 3.63) is 11.9 Å². The predicted octanol–water partition coefficient (Wildman–Crippen LogP) is 2.56. The number of anilines is 2. The fourth-order valence-corrected chi connectivity index (χ4v) is 2.24. The molecular weight excluding hydrogens is 232 g/mol. The monoisotopic (exact) mass is 254 g/mol. The highest BCUT2D eigenvalue weighted by molar-refractivity contribution is 7.98. The SMILES string of the molecule is CCCc1c(N)ncnc1NC(C)CCSC. The van der Waals surface area contributed by atoms with Gasteiger partial charge in [0.05, 0.1) is 0 Å². The minimum absolute atomic E-state index is 0.410. The van der Waals surface area contributed by atoms with Gasteiger partial charge in [0.25, 0.3) is 0 Å². The highest BCUT2D eigenvalue weighted by Gasteiger charge is 2.10. The van der Waals surface area contributed by atoms with Crippen LogP contribution in [0.2, 0.25) is 0 Å².